The van der Waals surface area contributed by atoms with Crippen LogP contribution in [0.2, 0.25) is 0 Å². The van der Waals surface area contributed by atoms with Crippen molar-refractivity contribution in [3.8, 4) is 5.75 Å². The molecule has 23 heavy (non-hydrogen) atoms. The maximum absolute atomic E-state index is 13.1. The minimum absolute atomic E-state index is 0.258. The number of aliphatic carboxylic acids is 2. The molecule has 0 spiro atoms. The van der Waals surface area contributed by atoms with Crippen molar-refractivity contribution in [3.05, 3.63) is 42.4 Å². The van der Waals surface area contributed by atoms with E-state index in [1.807, 2.05) is 10.8 Å². The number of carbonyl (C=O) groups is 2. The van der Waals surface area contributed by atoms with E-state index in [0.29, 0.717) is 31.0 Å². The molecule has 0 saturated heterocycles. The Balaban J connectivity index is 0.000000284. The summed E-state index contributed by atoms with van der Waals surface area (Å²) in [6, 6.07) is 4.65. The number of nitrogens with two attached hydrogens (primary N) is 1. The van der Waals surface area contributed by atoms with Gasteiger partial charge in [-0.25, -0.2) is 14.0 Å². The van der Waals surface area contributed by atoms with Gasteiger partial charge in [-0.3, -0.25) is 0 Å². The van der Waals surface area contributed by atoms with Crippen LogP contribution < -0.4 is 10.5 Å². The third-order valence-electron chi connectivity index (χ3n) is 2.76. The van der Waals surface area contributed by atoms with Crippen molar-refractivity contribution in [1.82, 2.24) is 4.57 Å². The maximum atomic E-state index is 13.1. The van der Waals surface area contributed by atoms with Crippen molar-refractivity contribution in [2.24, 2.45) is 5.73 Å². The van der Waals surface area contributed by atoms with Gasteiger partial charge in [-0.05, 0) is 18.2 Å². The van der Waals surface area contributed by atoms with E-state index in [0.717, 1.165) is 10.9 Å². The van der Waals surface area contributed by atoms with Gasteiger partial charge < -0.3 is 25.3 Å². The molecule has 0 bridgehead atoms. The van der Waals surface area contributed by atoms with Crippen molar-refractivity contribution in [2.45, 2.75) is 6.54 Å². The first kappa shape index (κ1) is 18.2. The summed E-state index contributed by atoms with van der Waals surface area (Å²) in [4.78, 5) is 19.1. The molecule has 0 atom stereocenters. The molecule has 2 rings (SSSR count). The summed E-state index contributed by atoms with van der Waals surface area (Å²) in [5.74, 6) is -2.09. The smallest absolute Gasteiger partial charge is 0.328 e. The lowest BCUT2D eigenvalue weighted by Gasteiger charge is -2.01. The van der Waals surface area contributed by atoms with Crippen LogP contribution in [0.15, 0.2) is 36.5 Å². The molecular formula is C15H17FN2O5. The fraction of sp³-hybridized carbons (Fsp3) is 0.200. The summed E-state index contributed by atoms with van der Waals surface area (Å²) in [5.41, 5.74) is 6.44. The number of fused-ring (bicyclic) bond motifs is 1. The summed E-state index contributed by atoms with van der Waals surface area (Å²) >= 11 is 0. The standard InChI is InChI=1S/C11H13FN2O.C4H4O4/c1-15-11-7-14(5-4-13)10-3-2-8(12)6-9(10)11;5-3(6)1-2-4(7)8/h2-3,6-7H,4-5,13H2,1H3;1-2H,(H,5,6)(H,7,8)/b;2-1+. The topological polar surface area (TPSA) is 115 Å². The summed E-state index contributed by atoms with van der Waals surface area (Å²) in [7, 11) is 1.58. The zero-order valence-electron chi connectivity index (χ0n) is 12.4. The molecule has 1 heterocycles. The Kier molecular flexibility index (Phi) is 6.75. The second-order valence-corrected chi connectivity index (χ2v) is 4.35. The van der Waals surface area contributed by atoms with E-state index in [-0.39, 0.29) is 5.82 Å². The van der Waals surface area contributed by atoms with E-state index in [4.69, 9.17) is 20.7 Å². The fourth-order valence-corrected chi connectivity index (χ4v) is 1.87. The van der Waals surface area contributed by atoms with Crippen molar-refractivity contribution in [1.29, 1.82) is 0 Å². The predicted octanol–water partition coefficient (Wildman–Crippen LogP) is 1.46. The largest absolute Gasteiger partial charge is 0.495 e. The first-order chi connectivity index (χ1) is 10.9. The Morgan fingerprint density at radius 2 is 1.91 bits per heavy atom. The highest BCUT2D eigenvalue weighted by Crippen LogP contribution is 2.28. The second-order valence-electron chi connectivity index (χ2n) is 4.35. The van der Waals surface area contributed by atoms with E-state index in [2.05, 4.69) is 0 Å². The van der Waals surface area contributed by atoms with E-state index in [1.54, 1.807) is 13.2 Å². The van der Waals surface area contributed by atoms with Gasteiger partial charge in [0, 0.05) is 36.8 Å². The number of carboxylic acids is 2. The molecule has 124 valence electrons. The lowest BCUT2D eigenvalue weighted by molar-refractivity contribution is -0.134. The number of aromatic nitrogens is 1. The van der Waals surface area contributed by atoms with Gasteiger partial charge in [-0.15, -0.1) is 0 Å². The van der Waals surface area contributed by atoms with E-state index in [1.165, 1.54) is 12.1 Å². The van der Waals surface area contributed by atoms with Gasteiger partial charge in [0.05, 0.1) is 12.6 Å². The Hall–Kier alpha value is -2.87. The van der Waals surface area contributed by atoms with Crippen molar-refractivity contribution in [3.63, 3.8) is 0 Å². The number of methoxy groups -OCH3 is 1. The first-order valence-corrected chi connectivity index (χ1v) is 6.55. The number of hydrogen-bond donors (Lipinski definition) is 3. The number of halogens is 1. The number of ether oxygens (including phenoxy) is 1. The van der Waals surface area contributed by atoms with E-state index < -0.39 is 11.9 Å². The zero-order chi connectivity index (χ0) is 17.4. The molecule has 1 aromatic heterocycles. The average molecular weight is 324 g/mol. The van der Waals surface area contributed by atoms with Crippen LogP contribution in [0.1, 0.15) is 0 Å². The van der Waals surface area contributed by atoms with Gasteiger partial charge in [0.15, 0.2) is 0 Å². The van der Waals surface area contributed by atoms with Gasteiger partial charge in [0.25, 0.3) is 0 Å². The highest BCUT2D eigenvalue weighted by molar-refractivity contribution is 5.89. The minimum Gasteiger partial charge on any atom is -0.495 e. The van der Waals surface area contributed by atoms with Crippen LogP contribution in [0, 0.1) is 5.82 Å². The van der Waals surface area contributed by atoms with Crippen molar-refractivity contribution in [2.75, 3.05) is 13.7 Å². The van der Waals surface area contributed by atoms with Crippen LogP contribution in [-0.4, -0.2) is 40.4 Å². The summed E-state index contributed by atoms with van der Waals surface area (Å²) in [6.45, 7) is 1.25. The number of carboxylic acid groups (broad SMARTS) is 2. The van der Waals surface area contributed by atoms with Crippen LogP contribution in [0.4, 0.5) is 4.39 Å². The summed E-state index contributed by atoms with van der Waals surface area (Å²) in [5, 5.41) is 16.4. The van der Waals surface area contributed by atoms with Crippen LogP contribution in [0.25, 0.3) is 10.9 Å². The summed E-state index contributed by atoms with van der Waals surface area (Å²) in [6.07, 6.45) is 2.96. The van der Waals surface area contributed by atoms with Gasteiger partial charge in [-0.1, -0.05) is 0 Å². The van der Waals surface area contributed by atoms with Crippen LogP contribution >= 0.6 is 0 Å². The van der Waals surface area contributed by atoms with Crippen LogP contribution in [-0.2, 0) is 16.1 Å². The molecule has 4 N–H and O–H groups in total. The van der Waals surface area contributed by atoms with Crippen LogP contribution in [0.5, 0.6) is 5.75 Å². The Bertz CT molecular complexity index is 708. The molecule has 0 fully saturated rings. The third-order valence-corrected chi connectivity index (χ3v) is 2.76. The molecule has 0 unspecified atom stereocenters. The molecule has 7 nitrogen and oxygen atoms in total. The Morgan fingerprint density at radius 1 is 1.30 bits per heavy atom. The molecule has 8 heteroatoms. The van der Waals surface area contributed by atoms with Gasteiger partial charge in [0.2, 0.25) is 0 Å². The number of nitrogens with zero attached hydrogens (tertiary/aromatic N) is 1. The van der Waals surface area contributed by atoms with Crippen molar-refractivity contribution < 1.29 is 28.9 Å². The summed E-state index contributed by atoms with van der Waals surface area (Å²) < 4.78 is 20.2. The highest BCUT2D eigenvalue weighted by Gasteiger charge is 2.08. The van der Waals surface area contributed by atoms with Crippen LogP contribution in [0.3, 0.4) is 0 Å². The average Bonchev–Trinajstić information content (AvgIpc) is 2.83. The third kappa shape index (κ3) is 5.44. The Morgan fingerprint density at radius 3 is 2.39 bits per heavy atom. The lowest BCUT2D eigenvalue weighted by atomic mass is 10.2. The van der Waals surface area contributed by atoms with Gasteiger partial charge >= 0.3 is 11.9 Å². The molecule has 0 aliphatic heterocycles. The monoisotopic (exact) mass is 324 g/mol. The molecule has 0 aliphatic rings. The van der Waals surface area contributed by atoms with Crippen molar-refractivity contribution >= 4 is 22.8 Å². The Labute approximate surface area is 131 Å². The number of rotatable bonds is 5. The SMILES string of the molecule is COc1cn(CCN)c2ccc(F)cc12.O=C(O)/C=C/C(=O)O. The normalized spacial score (nSPS) is 10.4. The second kappa shape index (κ2) is 8.54. The van der Waals surface area contributed by atoms with Gasteiger partial charge in [-0.2, -0.15) is 0 Å². The quantitative estimate of drug-likeness (QED) is 0.717. The molecule has 2 aromatic rings. The molecule has 0 radical (unpaired) electrons. The maximum Gasteiger partial charge on any atom is 0.328 e. The number of benzene rings is 1. The fourth-order valence-electron chi connectivity index (χ4n) is 1.87. The molecule has 0 aliphatic carbocycles. The number of hydrogen-bond acceptors (Lipinski definition) is 4. The highest BCUT2D eigenvalue weighted by atomic mass is 19.1. The molecule has 0 amide bonds. The van der Waals surface area contributed by atoms with E-state index >= 15 is 0 Å². The molecule has 0 saturated carbocycles. The zero-order valence-corrected chi connectivity index (χ0v) is 12.4. The van der Waals surface area contributed by atoms with E-state index in [9.17, 15) is 14.0 Å². The minimum atomic E-state index is -1.26. The lowest BCUT2D eigenvalue weighted by Crippen LogP contribution is -2.08. The molecular weight excluding hydrogens is 307 g/mol. The first-order valence-electron chi connectivity index (χ1n) is 6.55. The predicted molar refractivity (Wildman–Crippen MR) is 81.9 cm³/mol. The van der Waals surface area contributed by atoms with Gasteiger partial charge in [0.1, 0.15) is 11.6 Å². The molecule has 1 aromatic carbocycles.